The van der Waals surface area contributed by atoms with Gasteiger partial charge >= 0.3 is 12.1 Å². The highest BCUT2D eigenvalue weighted by Crippen LogP contribution is 2.44. The molecular formula is C27H23FN2O5. The van der Waals surface area contributed by atoms with E-state index < -0.39 is 29.7 Å². The molecule has 2 amide bonds. The molecule has 5 rings (SSSR count). The minimum atomic E-state index is -1.21. The second kappa shape index (κ2) is 9.21. The van der Waals surface area contributed by atoms with Crippen molar-refractivity contribution in [1.29, 1.82) is 0 Å². The van der Waals surface area contributed by atoms with Crippen LogP contribution in [0.2, 0.25) is 0 Å². The molecule has 35 heavy (non-hydrogen) atoms. The summed E-state index contributed by atoms with van der Waals surface area (Å²) in [7, 11) is 0. The van der Waals surface area contributed by atoms with Gasteiger partial charge in [-0.05, 0) is 52.8 Å². The lowest BCUT2D eigenvalue weighted by atomic mass is 9.98. The zero-order valence-corrected chi connectivity index (χ0v) is 18.7. The first kappa shape index (κ1) is 22.6. The minimum absolute atomic E-state index is 0.0379. The number of carboxylic acids is 1. The van der Waals surface area contributed by atoms with Crippen molar-refractivity contribution >= 4 is 23.7 Å². The number of hydrogen-bond donors (Lipinski definition) is 3. The Balaban J connectivity index is 1.11. The van der Waals surface area contributed by atoms with Crippen molar-refractivity contribution < 1.29 is 28.6 Å². The zero-order valence-electron chi connectivity index (χ0n) is 18.7. The van der Waals surface area contributed by atoms with Gasteiger partial charge in [-0.15, -0.1) is 0 Å². The predicted octanol–water partition coefficient (Wildman–Crippen LogP) is 4.64. The Hall–Kier alpha value is -4.20. The van der Waals surface area contributed by atoms with Crippen LogP contribution in [0.5, 0.6) is 0 Å². The van der Waals surface area contributed by atoms with E-state index in [4.69, 9.17) is 9.84 Å². The molecule has 2 aliphatic rings. The molecule has 1 saturated carbocycles. The second-order valence-electron chi connectivity index (χ2n) is 8.80. The molecule has 3 aromatic carbocycles. The van der Waals surface area contributed by atoms with Gasteiger partial charge in [-0.3, -0.25) is 4.79 Å². The van der Waals surface area contributed by atoms with Crippen molar-refractivity contribution in [3.8, 4) is 11.1 Å². The number of nitrogens with one attached hydrogen (secondary N) is 2. The average Bonchev–Trinajstić information content (AvgIpc) is 3.58. The summed E-state index contributed by atoms with van der Waals surface area (Å²) in [6.45, 7) is 0.458. The third-order valence-electron chi connectivity index (χ3n) is 6.58. The van der Waals surface area contributed by atoms with Crippen LogP contribution in [0.1, 0.15) is 33.8 Å². The number of rotatable bonds is 7. The Kier molecular flexibility index (Phi) is 5.94. The van der Waals surface area contributed by atoms with Crippen molar-refractivity contribution in [1.82, 2.24) is 5.32 Å². The van der Waals surface area contributed by atoms with Crippen molar-refractivity contribution in [3.05, 3.63) is 89.2 Å². The van der Waals surface area contributed by atoms with Crippen LogP contribution in [0, 0.1) is 17.7 Å². The summed E-state index contributed by atoms with van der Waals surface area (Å²) in [6, 6.07) is 19.4. The third kappa shape index (κ3) is 4.59. The lowest BCUT2D eigenvalue weighted by Crippen LogP contribution is -2.29. The van der Waals surface area contributed by atoms with Gasteiger partial charge in [0.15, 0.2) is 0 Å². The van der Waals surface area contributed by atoms with Gasteiger partial charge in [0.1, 0.15) is 12.4 Å². The number of fused-ring (bicyclic) bond motifs is 3. The fourth-order valence-electron chi connectivity index (χ4n) is 4.64. The number of amides is 2. The van der Waals surface area contributed by atoms with Crippen LogP contribution < -0.4 is 10.6 Å². The number of hydrogen-bond acceptors (Lipinski definition) is 4. The highest BCUT2D eigenvalue weighted by Gasteiger charge is 2.43. The van der Waals surface area contributed by atoms with Crippen LogP contribution in [0.3, 0.4) is 0 Å². The molecular weight excluding hydrogens is 451 g/mol. The highest BCUT2D eigenvalue weighted by molar-refractivity contribution is 5.96. The molecule has 3 aromatic rings. The lowest BCUT2D eigenvalue weighted by Gasteiger charge is -2.14. The lowest BCUT2D eigenvalue weighted by molar-refractivity contribution is -0.117. The molecule has 0 radical (unpaired) electrons. The van der Waals surface area contributed by atoms with E-state index in [9.17, 15) is 18.8 Å². The summed E-state index contributed by atoms with van der Waals surface area (Å²) < 4.78 is 19.5. The van der Waals surface area contributed by atoms with Gasteiger partial charge in [0, 0.05) is 18.4 Å². The number of alkyl carbamates (subject to hydrolysis) is 1. The van der Waals surface area contributed by atoms with E-state index in [1.807, 2.05) is 36.4 Å². The standard InChI is InChI=1S/C27H23FN2O5/c28-23-10-9-15(26(32)33)12-24(23)30-25(31)21-11-16(21)13-29-27(34)35-14-22-19-7-3-1-5-17(19)18-6-2-4-8-20(18)22/h1-10,12,16,21-22H,11,13-14H2,(H,29,34)(H,30,31)(H,32,33)/t16-,21-/m1/s1. The SMILES string of the molecule is O=C(NC[C@H]1C[C@H]1C(=O)Nc1cc(C(=O)O)ccc1F)OCC1c2ccccc2-c2ccccc21. The number of carbonyl (C=O) groups excluding carboxylic acids is 2. The van der Waals surface area contributed by atoms with Crippen LogP contribution in [0.4, 0.5) is 14.9 Å². The number of anilines is 1. The summed E-state index contributed by atoms with van der Waals surface area (Å²) in [5.74, 6) is -2.86. The van der Waals surface area contributed by atoms with E-state index >= 15 is 0 Å². The molecule has 0 unspecified atom stereocenters. The summed E-state index contributed by atoms with van der Waals surface area (Å²) in [5.41, 5.74) is 4.25. The Morgan fingerprint density at radius 1 is 0.971 bits per heavy atom. The van der Waals surface area contributed by atoms with E-state index in [-0.39, 0.29) is 36.2 Å². The number of carbonyl (C=O) groups is 3. The molecule has 2 aliphatic carbocycles. The van der Waals surface area contributed by atoms with E-state index in [0.717, 1.165) is 40.5 Å². The first-order valence-corrected chi connectivity index (χ1v) is 11.3. The van der Waals surface area contributed by atoms with Gasteiger partial charge in [0.05, 0.1) is 11.3 Å². The predicted molar refractivity (Wildman–Crippen MR) is 127 cm³/mol. The Bertz CT molecular complexity index is 1280. The van der Waals surface area contributed by atoms with Crippen molar-refractivity contribution in [3.63, 3.8) is 0 Å². The molecule has 0 saturated heterocycles. The average molecular weight is 474 g/mol. The first-order chi connectivity index (χ1) is 16.9. The van der Waals surface area contributed by atoms with Gasteiger partial charge in [0.25, 0.3) is 0 Å². The molecule has 178 valence electrons. The topological polar surface area (TPSA) is 105 Å². The zero-order chi connectivity index (χ0) is 24.5. The van der Waals surface area contributed by atoms with E-state index in [1.54, 1.807) is 0 Å². The summed E-state index contributed by atoms with van der Waals surface area (Å²) in [4.78, 5) is 35.8. The third-order valence-corrected chi connectivity index (χ3v) is 6.58. The van der Waals surface area contributed by atoms with Crippen molar-refractivity contribution in [2.45, 2.75) is 12.3 Å². The van der Waals surface area contributed by atoms with Crippen LogP contribution in [-0.4, -0.2) is 36.2 Å². The molecule has 1 fully saturated rings. The monoisotopic (exact) mass is 474 g/mol. The molecule has 7 nitrogen and oxygen atoms in total. The largest absolute Gasteiger partial charge is 0.478 e. The molecule has 0 aliphatic heterocycles. The second-order valence-corrected chi connectivity index (χ2v) is 8.80. The van der Waals surface area contributed by atoms with Gasteiger partial charge in [0.2, 0.25) is 5.91 Å². The van der Waals surface area contributed by atoms with E-state index in [0.29, 0.717) is 6.42 Å². The quantitative estimate of drug-likeness (QED) is 0.463. The number of benzene rings is 3. The maximum atomic E-state index is 13.9. The summed E-state index contributed by atoms with van der Waals surface area (Å²) in [6.07, 6.45) is -0.0199. The highest BCUT2D eigenvalue weighted by atomic mass is 19.1. The molecule has 0 bridgehead atoms. The van der Waals surface area contributed by atoms with Crippen molar-refractivity contribution in [2.24, 2.45) is 11.8 Å². The first-order valence-electron chi connectivity index (χ1n) is 11.3. The summed E-state index contributed by atoms with van der Waals surface area (Å²) >= 11 is 0. The van der Waals surface area contributed by atoms with Gasteiger partial charge in [-0.1, -0.05) is 48.5 Å². The fourth-order valence-corrected chi connectivity index (χ4v) is 4.64. The smallest absolute Gasteiger partial charge is 0.407 e. The molecule has 0 aromatic heterocycles. The summed E-state index contributed by atoms with van der Waals surface area (Å²) in [5, 5.41) is 14.2. The van der Waals surface area contributed by atoms with E-state index in [1.165, 1.54) is 0 Å². The maximum absolute atomic E-state index is 13.9. The molecule has 0 heterocycles. The Morgan fingerprint density at radius 2 is 1.63 bits per heavy atom. The minimum Gasteiger partial charge on any atom is -0.478 e. The molecule has 0 spiro atoms. The van der Waals surface area contributed by atoms with Crippen LogP contribution in [-0.2, 0) is 9.53 Å². The van der Waals surface area contributed by atoms with E-state index in [2.05, 4.69) is 22.8 Å². The number of carboxylic acid groups (broad SMARTS) is 1. The van der Waals surface area contributed by atoms with Crippen molar-refractivity contribution in [2.75, 3.05) is 18.5 Å². The normalized spacial score (nSPS) is 17.7. The Morgan fingerprint density at radius 3 is 2.29 bits per heavy atom. The van der Waals surface area contributed by atoms with Gasteiger partial charge < -0.3 is 20.5 Å². The number of ether oxygens (including phenoxy) is 1. The number of halogens is 1. The van der Waals surface area contributed by atoms with Crippen LogP contribution in [0.15, 0.2) is 66.7 Å². The maximum Gasteiger partial charge on any atom is 0.407 e. The molecule has 2 atom stereocenters. The Labute approximate surface area is 200 Å². The fraction of sp³-hybridized carbons (Fsp3) is 0.222. The molecule has 8 heteroatoms. The van der Waals surface area contributed by atoms with Gasteiger partial charge in [-0.2, -0.15) is 0 Å². The van der Waals surface area contributed by atoms with Crippen LogP contribution in [0.25, 0.3) is 11.1 Å². The van der Waals surface area contributed by atoms with Crippen LogP contribution >= 0.6 is 0 Å². The number of aromatic carboxylic acids is 1. The molecule has 3 N–H and O–H groups in total. The van der Waals surface area contributed by atoms with Gasteiger partial charge in [-0.25, -0.2) is 14.0 Å².